The molecule has 0 saturated heterocycles. The average Bonchev–Trinajstić information content (AvgIpc) is 2.28. The van der Waals surface area contributed by atoms with Gasteiger partial charge in [-0.3, -0.25) is 9.59 Å². The number of carbonyl (C=O) groups excluding carboxylic acids is 2. The second kappa shape index (κ2) is 8.41. The van der Waals surface area contributed by atoms with Crippen LogP contribution < -0.4 is 0 Å². The van der Waals surface area contributed by atoms with Gasteiger partial charge in [0.25, 0.3) is 0 Å². The lowest BCUT2D eigenvalue weighted by atomic mass is 9.88. The molecule has 0 spiro atoms. The highest BCUT2D eigenvalue weighted by molar-refractivity contribution is 7.99. The van der Waals surface area contributed by atoms with Crippen molar-refractivity contribution in [3.63, 3.8) is 0 Å². The van der Waals surface area contributed by atoms with Crippen LogP contribution in [-0.2, 0) is 14.3 Å². The molecule has 1 aliphatic carbocycles. The zero-order valence-corrected chi connectivity index (χ0v) is 12.9. The number of ketones is 1. The summed E-state index contributed by atoms with van der Waals surface area (Å²) in [6.45, 7) is 6.28. The second-order valence-corrected chi connectivity index (χ2v) is 6.79. The van der Waals surface area contributed by atoms with Crippen LogP contribution in [0, 0.1) is 5.92 Å². The highest BCUT2D eigenvalue weighted by Crippen LogP contribution is 2.30. The van der Waals surface area contributed by atoms with Crippen molar-refractivity contribution in [1.82, 2.24) is 0 Å². The van der Waals surface area contributed by atoms with Gasteiger partial charge in [0.2, 0.25) is 0 Å². The molecule has 0 aromatic rings. The van der Waals surface area contributed by atoms with E-state index in [9.17, 15) is 9.59 Å². The van der Waals surface area contributed by atoms with Crippen LogP contribution in [0.25, 0.3) is 0 Å². The minimum atomic E-state index is -0.224. The van der Waals surface area contributed by atoms with E-state index >= 15 is 0 Å². The van der Waals surface area contributed by atoms with Crippen LogP contribution >= 0.6 is 11.8 Å². The van der Waals surface area contributed by atoms with Gasteiger partial charge in [-0.1, -0.05) is 20.8 Å². The van der Waals surface area contributed by atoms with E-state index in [1.54, 1.807) is 0 Å². The molecule has 4 heteroatoms. The molecule has 0 saturated carbocycles. The third-order valence-electron chi connectivity index (χ3n) is 3.12. The summed E-state index contributed by atoms with van der Waals surface area (Å²) in [5, 5.41) is 0.550. The second-order valence-electron chi connectivity index (χ2n) is 5.08. The third kappa shape index (κ3) is 6.28. The van der Waals surface area contributed by atoms with Gasteiger partial charge in [0.1, 0.15) is 5.76 Å². The highest BCUT2D eigenvalue weighted by atomic mass is 32.2. The van der Waals surface area contributed by atoms with Crippen molar-refractivity contribution in [2.75, 3.05) is 5.75 Å². The first-order valence-corrected chi connectivity index (χ1v) is 8.15. The first kappa shape index (κ1) is 16.3. The maximum Gasteiger partial charge on any atom is 0.310 e. The minimum absolute atomic E-state index is 0.0873. The van der Waals surface area contributed by atoms with Gasteiger partial charge < -0.3 is 4.74 Å². The molecule has 0 amide bonds. The maximum atomic E-state index is 11.7. The number of allylic oxidation sites excluding steroid dienone is 2. The lowest BCUT2D eigenvalue weighted by Crippen LogP contribution is -2.20. The Morgan fingerprint density at radius 2 is 2.21 bits per heavy atom. The lowest BCUT2D eigenvalue weighted by molar-refractivity contribution is -0.140. The molecule has 0 fully saturated rings. The first-order valence-electron chi connectivity index (χ1n) is 7.10. The SMILES string of the molecule is CCCC(=O)OC1=CC(=O)CC(CC(C)SCC)C1. The van der Waals surface area contributed by atoms with Crippen molar-refractivity contribution in [1.29, 1.82) is 0 Å². The molecule has 0 N–H and O–H groups in total. The molecular weight excluding hydrogens is 260 g/mol. The number of carbonyl (C=O) groups is 2. The normalized spacial score (nSPS) is 20.9. The predicted octanol–water partition coefficient (Wildman–Crippen LogP) is 3.72. The molecule has 2 unspecified atom stereocenters. The lowest BCUT2D eigenvalue weighted by Gasteiger charge is -2.23. The average molecular weight is 284 g/mol. The zero-order chi connectivity index (χ0) is 14.3. The molecule has 0 aliphatic heterocycles. The number of hydrogen-bond donors (Lipinski definition) is 0. The van der Waals surface area contributed by atoms with E-state index in [1.807, 2.05) is 18.7 Å². The molecular formula is C15H24O3S. The van der Waals surface area contributed by atoms with E-state index < -0.39 is 0 Å². The number of rotatable bonds is 7. The summed E-state index contributed by atoms with van der Waals surface area (Å²) in [6, 6.07) is 0. The number of esters is 1. The summed E-state index contributed by atoms with van der Waals surface area (Å²) in [7, 11) is 0. The van der Waals surface area contributed by atoms with Crippen LogP contribution in [0.1, 0.15) is 52.9 Å². The van der Waals surface area contributed by atoms with Gasteiger partial charge in [0.05, 0.1) is 0 Å². The maximum absolute atomic E-state index is 11.7. The Morgan fingerprint density at radius 3 is 2.84 bits per heavy atom. The van der Waals surface area contributed by atoms with Gasteiger partial charge >= 0.3 is 5.97 Å². The van der Waals surface area contributed by atoms with Gasteiger partial charge in [0, 0.05) is 30.6 Å². The van der Waals surface area contributed by atoms with Crippen molar-refractivity contribution < 1.29 is 14.3 Å². The molecule has 0 aromatic carbocycles. The minimum Gasteiger partial charge on any atom is -0.431 e. The number of ether oxygens (including phenoxy) is 1. The van der Waals surface area contributed by atoms with E-state index in [1.165, 1.54) is 6.08 Å². The molecule has 1 aliphatic rings. The van der Waals surface area contributed by atoms with Crippen molar-refractivity contribution in [2.45, 2.75) is 58.1 Å². The standard InChI is InChI=1S/C15H24O3S/c1-4-6-15(17)18-14-9-12(8-13(16)10-14)7-11(3)19-5-2/h10-12H,4-9H2,1-3H3. The quantitative estimate of drug-likeness (QED) is 0.668. The van der Waals surface area contributed by atoms with E-state index in [-0.39, 0.29) is 11.8 Å². The highest BCUT2D eigenvalue weighted by Gasteiger charge is 2.24. The van der Waals surface area contributed by atoms with Gasteiger partial charge in [-0.25, -0.2) is 0 Å². The Bertz CT molecular complexity index is 349. The summed E-state index contributed by atoms with van der Waals surface area (Å²) in [6.07, 6.45) is 5.00. The molecule has 108 valence electrons. The first-order chi connectivity index (χ1) is 9.05. The summed E-state index contributed by atoms with van der Waals surface area (Å²) in [5.41, 5.74) is 0. The fourth-order valence-corrected chi connectivity index (χ4v) is 3.38. The molecule has 0 bridgehead atoms. The van der Waals surface area contributed by atoms with Gasteiger partial charge in [-0.15, -0.1) is 0 Å². The Kier molecular flexibility index (Phi) is 7.21. The van der Waals surface area contributed by atoms with Gasteiger partial charge in [-0.05, 0) is 24.5 Å². The smallest absolute Gasteiger partial charge is 0.310 e. The topological polar surface area (TPSA) is 43.4 Å². The Morgan fingerprint density at radius 1 is 1.47 bits per heavy atom. The molecule has 19 heavy (non-hydrogen) atoms. The number of hydrogen-bond acceptors (Lipinski definition) is 4. The summed E-state index contributed by atoms with van der Waals surface area (Å²) in [5.74, 6) is 1.84. The molecule has 2 atom stereocenters. The van der Waals surface area contributed by atoms with Crippen LogP contribution in [0.5, 0.6) is 0 Å². The van der Waals surface area contributed by atoms with E-state index in [2.05, 4.69) is 13.8 Å². The molecule has 0 aromatic heterocycles. The molecule has 0 radical (unpaired) electrons. The fraction of sp³-hybridized carbons (Fsp3) is 0.733. The summed E-state index contributed by atoms with van der Waals surface area (Å²) < 4.78 is 5.27. The fourth-order valence-electron chi connectivity index (χ4n) is 2.40. The van der Waals surface area contributed by atoms with E-state index in [0.29, 0.717) is 29.8 Å². The molecule has 1 rings (SSSR count). The zero-order valence-electron chi connectivity index (χ0n) is 12.1. The van der Waals surface area contributed by atoms with E-state index in [0.717, 1.165) is 25.0 Å². The Labute approximate surface area is 120 Å². The van der Waals surface area contributed by atoms with Crippen LogP contribution in [0.4, 0.5) is 0 Å². The summed E-state index contributed by atoms with van der Waals surface area (Å²) >= 11 is 1.91. The Hall–Kier alpha value is -0.770. The summed E-state index contributed by atoms with van der Waals surface area (Å²) in [4.78, 5) is 23.2. The van der Waals surface area contributed by atoms with Gasteiger partial charge in [0.15, 0.2) is 5.78 Å². The van der Waals surface area contributed by atoms with Crippen molar-refractivity contribution in [3.05, 3.63) is 11.8 Å². The van der Waals surface area contributed by atoms with Crippen LogP contribution in [0.15, 0.2) is 11.8 Å². The van der Waals surface area contributed by atoms with Crippen molar-refractivity contribution in [3.8, 4) is 0 Å². The van der Waals surface area contributed by atoms with Crippen molar-refractivity contribution >= 4 is 23.5 Å². The van der Waals surface area contributed by atoms with Crippen LogP contribution in [0.2, 0.25) is 0 Å². The van der Waals surface area contributed by atoms with Gasteiger partial charge in [-0.2, -0.15) is 11.8 Å². The largest absolute Gasteiger partial charge is 0.431 e. The predicted molar refractivity (Wildman–Crippen MR) is 79.0 cm³/mol. The van der Waals surface area contributed by atoms with Crippen LogP contribution in [-0.4, -0.2) is 22.8 Å². The van der Waals surface area contributed by atoms with Crippen molar-refractivity contribution in [2.24, 2.45) is 5.92 Å². The Balaban J connectivity index is 2.51. The molecule has 0 heterocycles. The van der Waals surface area contributed by atoms with Crippen LogP contribution in [0.3, 0.4) is 0 Å². The van der Waals surface area contributed by atoms with E-state index in [4.69, 9.17) is 4.74 Å². The molecule has 3 nitrogen and oxygen atoms in total. The number of thioether (sulfide) groups is 1. The monoisotopic (exact) mass is 284 g/mol. The third-order valence-corrected chi connectivity index (χ3v) is 4.21.